The number of hydrogen-bond donors (Lipinski definition) is 1. The summed E-state index contributed by atoms with van der Waals surface area (Å²) in [6.45, 7) is 5.84. The minimum absolute atomic E-state index is 0.0673. The molecule has 1 saturated heterocycles. The van der Waals surface area contributed by atoms with Crippen LogP contribution in [0.4, 0.5) is 4.39 Å². The van der Waals surface area contributed by atoms with Gasteiger partial charge in [-0.25, -0.2) is 9.18 Å². The van der Waals surface area contributed by atoms with Gasteiger partial charge in [-0.15, -0.1) is 0 Å². The molecule has 1 fully saturated rings. The number of carboxylic acids is 1. The van der Waals surface area contributed by atoms with Gasteiger partial charge in [-0.3, -0.25) is 4.90 Å². The summed E-state index contributed by atoms with van der Waals surface area (Å²) in [4.78, 5) is 13.4. The van der Waals surface area contributed by atoms with Crippen molar-refractivity contribution in [3.63, 3.8) is 0 Å². The van der Waals surface area contributed by atoms with E-state index < -0.39 is 11.8 Å². The van der Waals surface area contributed by atoms with E-state index in [0.717, 1.165) is 25.5 Å². The summed E-state index contributed by atoms with van der Waals surface area (Å²) in [5.74, 6) is -1.57. The Morgan fingerprint density at radius 2 is 2.22 bits per heavy atom. The van der Waals surface area contributed by atoms with Crippen LogP contribution >= 0.6 is 0 Å². The van der Waals surface area contributed by atoms with Crippen molar-refractivity contribution in [2.75, 3.05) is 6.54 Å². The van der Waals surface area contributed by atoms with Gasteiger partial charge in [-0.05, 0) is 50.9 Å². The number of aromatic carboxylic acids is 1. The molecule has 0 unspecified atom stereocenters. The number of nitrogens with zero attached hydrogens (tertiary/aromatic N) is 1. The molecule has 1 aromatic rings. The van der Waals surface area contributed by atoms with Crippen LogP contribution in [0, 0.1) is 5.82 Å². The van der Waals surface area contributed by atoms with Crippen LogP contribution in [0.5, 0.6) is 0 Å². The molecule has 3 nitrogen and oxygen atoms in total. The van der Waals surface area contributed by atoms with Crippen molar-refractivity contribution in [3.8, 4) is 0 Å². The van der Waals surface area contributed by atoms with Crippen molar-refractivity contribution >= 4 is 5.97 Å². The number of carboxylic acid groups (broad SMARTS) is 1. The Labute approximate surface area is 106 Å². The number of rotatable bonds is 3. The van der Waals surface area contributed by atoms with Crippen LogP contribution in [0.3, 0.4) is 0 Å². The lowest BCUT2D eigenvalue weighted by Gasteiger charge is -2.31. The fraction of sp³-hybridized carbons (Fsp3) is 0.500. The monoisotopic (exact) mass is 251 g/mol. The molecule has 0 bridgehead atoms. The molecule has 0 aliphatic carbocycles. The van der Waals surface area contributed by atoms with Crippen molar-refractivity contribution in [3.05, 3.63) is 35.1 Å². The lowest BCUT2D eigenvalue weighted by molar-refractivity contribution is 0.0692. The molecule has 1 aliphatic rings. The first-order valence-electron chi connectivity index (χ1n) is 6.17. The molecule has 0 radical (unpaired) electrons. The van der Waals surface area contributed by atoms with Gasteiger partial charge in [0.2, 0.25) is 0 Å². The summed E-state index contributed by atoms with van der Waals surface area (Å²) in [5.41, 5.74) is 0.834. The fourth-order valence-electron chi connectivity index (χ4n) is 2.55. The summed E-state index contributed by atoms with van der Waals surface area (Å²) < 4.78 is 13.1. The van der Waals surface area contributed by atoms with E-state index in [4.69, 9.17) is 5.11 Å². The Bertz CT molecular complexity index is 471. The van der Waals surface area contributed by atoms with Crippen molar-refractivity contribution < 1.29 is 14.3 Å². The summed E-state index contributed by atoms with van der Waals surface area (Å²) in [5, 5.41) is 9.11. The highest BCUT2D eigenvalue weighted by molar-refractivity contribution is 5.89. The van der Waals surface area contributed by atoms with Crippen LogP contribution < -0.4 is 0 Å². The van der Waals surface area contributed by atoms with Gasteiger partial charge in [-0.1, -0.05) is 6.07 Å². The van der Waals surface area contributed by atoms with E-state index in [1.165, 1.54) is 6.07 Å². The molecule has 4 heteroatoms. The zero-order valence-corrected chi connectivity index (χ0v) is 10.7. The topological polar surface area (TPSA) is 40.5 Å². The van der Waals surface area contributed by atoms with E-state index in [0.29, 0.717) is 12.1 Å². The molecule has 1 aromatic carbocycles. The maximum Gasteiger partial charge on any atom is 0.336 e. The van der Waals surface area contributed by atoms with Gasteiger partial charge >= 0.3 is 5.97 Å². The summed E-state index contributed by atoms with van der Waals surface area (Å²) in [6, 6.07) is 4.00. The van der Waals surface area contributed by atoms with Gasteiger partial charge < -0.3 is 5.11 Å². The third kappa shape index (κ3) is 2.53. The van der Waals surface area contributed by atoms with E-state index in [-0.39, 0.29) is 11.1 Å². The first kappa shape index (κ1) is 13.0. The highest BCUT2D eigenvalue weighted by Crippen LogP contribution is 2.30. The minimum atomic E-state index is -1.07. The summed E-state index contributed by atoms with van der Waals surface area (Å²) in [7, 11) is 0. The van der Waals surface area contributed by atoms with Crippen LogP contribution in [0.1, 0.15) is 42.6 Å². The standard InChI is InChI=1S/C14H18FNO2/c1-14(2)6-3-7-16(14)9-10-4-5-11(15)8-12(10)13(17)18/h4-5,8H,3,6-7,9H2,1-2H3,(H,17,18). The van der Waals surface area contributed by atoms with Crippen molar-refractivity contribution in [1.29, 1.82) is 0 Å². The quantitative estimate of drug-likeness (QED) is 0.898. The van der Waals surface area contributed by atoms with Gasteiger partial charge in [0, 0.05) is 12.1 Å². The second-order valence-electron chi connectivity index (χ2n) is 5.44. The van der Waals surface area contributed by atoms with E-state index in [1.54, 1.807) is 6.07 Å². The first-order chi connectivity index (χ1) is 8.40. The molecule has 1 N–H and O–H groups in total. The van der Waals surface area contributed by atoms with Crippen LogP contribution in [0.2, 0.25) is 0 Å². The average molecular weight is 251 g/mol. The van der Waals surface area contributed by atoms with Gasteiger partial charge in [0.25, 0.3) is 0 Å². The lowest BCUT2D eigenvalue weighted by Crippen LogP contribution is -2.37. The molecule has 1 heterocycles. The number of carbonyl (C=O) groups is 1. The fourth-order valence-corrected chi connectivity index (χ4v) is 2.55. The van der Waals surface area contributed by atoms with Gasteiger partial charge in [-0.2, -0.15) is 0 Å². The predicted octanol–water partition coefficient (Wildman–Crippen LogP) is 2.90. The molecular weight excluding hydrogens is 233 g/mol. The second kappa shape index (κ2) is 4.69. The predicted molar refractivity (Wildman–Crippen MR) is 67.1 cm³/mol. The van der Waals surface area contributed by atoms with Crippen LogP contribution in [-0.2, 0) is 6.54 Å². The highest BCUT2D eigenvalue weighted by Gasteiger charge is 2.32. The molecule has 98 valence electrons. The Morgan fingerprint density at radius 1 is 1.50 bits per heavy atom. The largest absolute Gasteiger partial charge is 0.478 e. The van der Waals surface area contributed by atoms with Crippen molar-refractivity contribution in [1.82, 2.24) is 4.90 Å². The van der Waals surface area contributed by atoms with Crippen molar-refractivity contribution in [2.45, 2.75) is 38.8 Å². The lowest BCUT2D eigenvalue weighted by atomic mass is 10.0. The molecule has 0 saturated carbocycles. The van der Waals surface area contributed by atoms with Crippen molar-refractivity contribution in [2.24, 2.45) is 0 Å². The van der Waals surface area contributed by atoms with Crippen LogP contribution in [-0.4, -0.2) is 28.1 Å². The SMILES string of the molecule is CC1(C)CCCN1Cc1ccc(F)cc1C(=O)O. The van der Waals surface area contributed by atoms with Gasteiger partial charge in [0.15, 0.2) is 0 Å². The summed E-state index contributed by atoms with van der Waals surface area (Å²) >= 11 is 0. The Morgan fingerprint density at radius 3 is 2.78 bits per heavy atom. The zero-order valence-electron chi connectivity index (χ0n) is 10.7. The molecule has 1 aliphatic heterocycles. The minimum Gasteiger partial charge on any atom is -0.478 e. The first-order valence-corrected chi connectivity index (χ1v) is 6.17. The molecular formula is C14H18FNO2. The second-order valence-corrected chi connectivity index (χ2v) is 5.44. The average Bonchev–Trinajstić information content (AvgIpc) is 2.60. The molecule has 0 aromatic heterocycles. The van der Waals surface area contributed by atoms with Crippen LogP contribution in [0.25, 0.3) is 0 Å². The van der Waals surface area contributed by atoms with E-state index in [9.17, 15) is 9.18 Å². The molecule has 18 heavy (non-hydrogen) atoms. The molecule has 0 atom stereocenters. The zero-order chi connectivity index (χ0) is 13.3. The molecule has 2 rings (SSSR count). The van der Waals surface area contributed by atoms with E-state index >= 15 is 0 Å². The van der Waals surface area contributed by atoms with E-state index in [2.05, 4.69) is 18.7 Å². The smallest absolute Gasteiger partial charge is 0.336 e. The maximum atomic E-state index is 13.1. The number of halogens is 1. The number of likely N-dealkylation sites (tertiary alicyclic amines) is 1. The van der Waals surface area contributed by atoms with Crippen LogP contribution in [0.15, 0.2) is 18.2 Å². The van der Waals surface area contributed by atoms with Gasteiger partial charge in [0.1, 0.15) is 5.82 Å². The molecule has 0 amide bonds. The Balaban J connectivity index is 2.26. The normalized spacial score (nSPS) is 19.1. The number of hydrogen-bond acceptors (Lipinski definition) is 2. The highest BCUT2D eigenvalue weighted by atomic mass is 19.1. The third-order valence-electron chi connectivity index (χ3n) is 3.74. The maximum absolute atomic E-state index is 13.1. The summed E-state index contributed by atoms with van der Waals surface area (Å²) in [6.07, 6.45) is 2.23. The number of benzene rings is 1. The Hall–Kier alpha value is -1.42. The van der Waals surface area contributed by atoms with E-state index in [1.807, 2.05) is 0 Å². The Kier molecular flexibility index (Phi) is 3.39. The molecule has 0 spiro atoms. The van der Waals surface area contributed by atoms with Gasteiger partial charge in [0.05, 0.1) is 5.56 Å². The third-order valence-corrected chi connectivity index (χ3v) is 3.74.